The van der Waals surface area contributed by atoms with Gasteiger partial charge in [0.25, 0.3) is 5.91 Å². The summed E-state index contributed by atoms with van der Waals surface area (Å²) in [4.78, 5) is 38.4. The van der Waals surface area contributed by atoms with Crippen molar-refractivity contribution >= 4 is 17.8 Å². The third-order valence-electron chi connectivity index (χ3n) is 4.70. The zero-order valence-electron chi connectivity index (χ0n) is 15.2. The normalized spacial score (nSPS) is 18.7. The van der Waals surface area contributed by atoms with E-state index in [1.165, 1.54) is 0 Å². The number of nitrogens with zero attached hydrogens (tertiary/aromatic N) is 5. The van der Waals surface area contributed by atoms with Gasteiger partial charge in [0.2, 0.25) is 11.9 Å². The largest absolute Gasteiger partial charge is 0.379 e. The number of piperazine rings is 1. The summed E-state index contributed by atoms with van der Waals surface area (Å²) in [5.41, 5.74) is 0.380. The Kier molecular flexibility index (Phi) is 6.35. The van der Waals surface area contributed by atoms with Gasteiger partial charge in [-0.3, -0.25) is 14.5 Å². The van der Waals surface area contributed by atoms with Crippen molar-refractivity contribution in [3.63, 3.8) is 0 Å². The zero-order valence-corrected chi connectivity index (χ0v) is 15.2. The van der Waals surface area contributed by atoms with Crippen LogP contribution in [0.1, 0.15) is 17.4 Å². The quantitative estimate of drug-likeness (QED) is 0.757. The molecule has 1 aromatic heterocycles. The molecule has 0 spiro atoms. The van der Waals surface area contributed by atoms with Crippen LogP contribution in [0.15, 0.2) is 12.3 Å². The van der Waals surface area contributed by atoms with Crippen molar-refractivity contribution < 1.29 is 14.3 Å². The molecule has 0 saturated carbocycles. The molecule has 2 fully saturated rings. The van der Waals surface area contributed by atoms with Gasteiger partial charge in [0.1, 0.15) is 5.69 Å². The predicted octanol–water partition coefficient (Wildman–Crippen LogP) is -0.475. The Labute approximate surface area is 153 Å². The Morgan fingerprint density at radius 3 is 2.50 bits per heavy atom. The fourth-order valence-corrected chi connectivity index (χ4v) is 3.10. The van der Waals surface area contributed by atoms with Crippen molar-refractivity contribution in [3.05, 3.63) is 18.0 Å². The van der Waals surface area contributed by atoms with Gasteiger partial charge in [-0.05, 0) is 6.07 Å². The summed E-state index contributed by atoms with van der Waals surface area (Å²) in [5.74, 6) is 0.393. The Morgan fingerprint density at radius 1 is 1.12 bits per heavy atom. The van der Waals surface area contributed by atoms with Gasteiger partial charge in [-0.15, -0.1) is 0 Å². The van der Waals surface area contributed by atoms with E-state index < -0.39 is 0 Å². The highest BCUT2D eigenvalue weighted by Gasteiger charge is 2.24. The van der Waals surface area contributed by atoms with E-state index in [1.807, 2.05) is 0 Å². The van der Waals surface area contributed by atoms with Crippen molar-refractivity contribution in [2.75, 3.05) is 70.9 Å². The third-order valence-corrected chi connectivity index (χ3v) is 4.70. The lowest BCUT2D eigenvalue weighted by Gasteiger charge is -2.34. The maximum Gasteiger partial charge on any atom is 0.272 e. The van der Waals surface area contributed by atoms with Crippen LogP contribution in [0.5, 0.6) is 0 Å². The Morgan fingerprint density at radius 2 is 1.81 bits per heavy atom. The summed E-state index contributed by atoms with van der Waals surface area (Å²) in [7, 11) is 0. The lowest BCUT2D eigenvalue weighted by atomic mass is 10.2. The molecule has 0 unspecified atom stereocenters. The van der Waals surface area contributed by atoms with Crippen LogP contribution in [0.2, 0.25) is 0 Å². The van der Waals surface area contributed by atoms with Crippen molar-refractivity contribution in [1.82, 2.24) is 24.7 Å². The van der Waals surface area contributed by atoms with Crippen LogP contribution in [0.4, 0.5) is 5.95 Å². The number of rotatable bonds is 5. The molecule has 2 amide bonds. The first-order chi connectivity index (χ1) is 12.6. The lowest BCUT2D eigenvalue weighted by Crippen LogP contribution is -2.50. The number of nitrogens with one attached hydrogen (secondary N) is 1. The van der Waals surface area contributed by atoms with Gasteiger partial charge in [0.05, 0.1) is 13.2 Å². The van der Waals surface area contributed by atoms with Crippen LogP contribution >= 0.6 is 0 Å². The molecular formula is C17H26N6O3. The maximum atomic E-state index is 12.6. The molecule has 142 valence electrons. The van der Waals surface area contributed by atoms with Crippen LogP contribution in [-0.2, 0) is 9.53 Å². The number of hydrogen-bond donors (Lipinski definition) is 1. The minimum absolute atomic E-state index is 0.0471. The predicted molar refractivity (Wildman–Crippen MR) is 95.9 cm³/mol. The topological polar surface area (TPSA) is 90.9 Å². The van der Waals surface area contributed by atoms with E-state index in [2.05, 4.69) is 20.2 Å². The van der Waals surface area contributed by atoms with Crippen LogP contribution in [0.3, 0.4) is 0 Å². The summed E-state index contributed by atoms with van der Waals surface area (Å²) in [6.45, 7) is 8.77. The summed E-state index contributed by atoms with van der Waals surface area (Å²) < 4.78 is 5.33. The minimum atomic E-state index is -0.119. The fraction of sp³-hybridized carbons (Fsp3) is 0.647. The van der Waals surface area contributed by atoms with E-state index >= 15 is 0 Å². The van der Waals surface area contributed by atoms with Crippen molar-refractivity contribution in [1.29, 1.82) is 0 Å². The molecule has 0 atom stereocenters. The van der Waals surface area contributed by atoms with Gasteiger partial charge in [-0.2, -0.15) is 0 Å². The molecule has 9 nitrogen and oxygen atoms in total. The highest BCUT2D eigenvalue weighted by molar-refractivity contribution is 5.92. The molecule has 0 radical (unpaired) electrons. The maximum absolute atomic E-state index is 12.6. The van der Waals surface area contributed by atoms with E-state index in [1.54, 1.807) is 29.0 Å². The SMILES string of the molecule is CC(=O)N1CCN(C(=O)c2ccnc(NCCN3CCOCC3)n2)CC1. The monoisotopic (exact) mass is 362 g/mol. The standard InChI is InChI=1S/C17H26N6O3/c1-14(24)22-6-8-23(9-7-22)16(25)15-2-3-18-17(20-15)19-4-5-21-10-12-26-13-11-21/h2-3H,4-13H2,1H3,(H,18,19,20). The molecule has 0 bridgehead atoms. The second-order valence-electron chi connectivity index (χ2n) is 6.44. The second kappa shape index (κ2) is 8.91. The first-order valence-electron chi connectivity index (χ1n) is 9.05. The van der Waals surface area contributed by atoms with Gasteiger partial charge >= 0.3 is 0 Å². The van der Waals surface area contributed by atoms with Crippen LogP contribution in [0.25, 0.3) is 0 Å². The molecule has 3 heterocycles. The number of anilines is 1. The van der Waals surface area contributed by atoms with E-state index in [-0.39, 0.29) is 11.8 Å². The van der Waals surface area contributed by atoms with Gasteiger partial charge in [-0.25, -0.2) is 9.97 Å². The van der Waals surface area contributed by atoms with Gasteiger partial charge in [0.15, 0.2) is 0 Å². The number of ether oxygens (including phenoxy) is 1. The highest BCUT2D eigenvalue weighted by Crippen LogP contribution is 2.09. The third kappa shape index (κ3) is 4.89. The summed E-state index contributed by atoms with van der Waals surface area (Å²) in [6.07, 6.45) is 1.60. The number of aromatic nitrogens is 2. The smallest absolute Gasteiger partial charge is 0.272 e. The van der Waals surface area contributed by atoms with E-state index in [0.717, 1.165) is 39.4 Å². The molecule has 9 heteroatoms. The highest BCUT2D eigenvalue weighted by atomic mass is 16.5. The zero-order chi connectivity index (χ0) is 18.4. The molecule has 0 aromatic carbocycles. The number of carbonyl (C=O) groups is 2. The van der Waals surface area contributed by atoms with Gasteiger partial charge < -0.3 is 19.9 Å². The first-order valence-corrected chi connectivity index (χ1v) is 9.05. The first kappa shape index (κ1) is 18.5. The average Bonchev–Trinajstić information content (AvgIpc) is 2.68. The minimum Gasteiger partial charge on any atom is -0.379 e. The Balaban J connectivity index is 1.50. The molecule has 26 heavy (non-hydrogen) atoms. The average molecular weight is 362 g/mol. The van der Waals surface area contributed by atoms with Crippen LogP contribution < -0.4 is 5.32 Å². The number of carbonyl (C=O) groups excluding carboxylic acids is 2. The molecule has 0 aliphatic carbocycles. The van der Waals surface area contributed by atoms with E-state index in [0.29, 0.717) is 37.8 Å². The lowest BCUT2D eigenvalue weighted by molar-refractivity contribution is -0.130. The Bertz CT molecular complexity index is 627. The van der Waals surface area contributed by atoms with Gasteiger partial charge in [-0.1, -0.05) is 0 Å². The molecule has 2 aliphatic rings. The summed E-state index contributed by atoms with van der Waals surface area (Å²) in [5, 5.41) is 3.18. The second-order valence-corrected chi connectivity index (χ2v) is 6.44. The Hall–Kier alpha value is -2.26. The summed E-state index contributed by atoms with van der Waals surface area (Å²) >= 11 is 0. The van der Waals surface area contributed by atoms with Crippen LogP contribution in [-0.4, -0.2) is 102 Å². The van der Waals surface area contributed by atoms with Crippen molar-refractivity contribution in [3.8, 4) is 0 Å². The molecule has 3 rings (SSSR count). The number of hydrogen-bond acceptors (Lipinski definition) is 7. The van der Waals surface area contributed by atoms with Crippen molar-refractivity contribution in [2.45, 2.75) is 6.92 Å². The van der Waals surface area contributed by atoms with Crippen molar-refractivity contribution in [2.24, 2.45) is 0 Å². The van der Waals surface area contributed by atoms with E-state index in [4.69, 9.17) is 4.74 Å². The molecular weight excluding hydrogens is 336 g/mol. The molecule has 2 saturated heterocycles. The molecule has 1 N–H and O–H groups in total. The summed E-state index contributed by atoms with van der Waals surface area (Å²) in [6, 6.07) is 1.63. The molecule has 1 aromatic rings. The van der Waals surface area contributed by atoms with E-state index in [9.17, 15) is 9.59 Å². The number of amides is 2. The fourth-order valence-electron chi connectivity index (χ4n) is 3.10. The molecule has 2 aliphatic heterocycles. The van der Waals surface area contributed by atoms with Crippen LogP contribution in [0, 0.1) is 0 Å². The number of morpholine rings is 1. The van der Waals surface area contributed by atoms with Gasteiger partial charge in [0, 0.05) is 65.5 Å².